The SMILES string of the molecule is CCc1c(C(C)(C)c2ccc(O)c(-c3ccccc3)c2CC)ccc(O)c1-c1ccccc1. The van der Waals surface area contributed by atoms with Gasteiger partial charge >= 0.3 is 0 Å². The third kappa shape index (κ3) is 4.02. The van der Waals surface area contributed by atoms with Crippen molar-refractivity contribution < 1.29 is 10.2 Å². The highest BCUT2D eigenvalue weighted by atomic mass is 16.3. The van der Waals surface area contributed by atoms with Crippen molar-refractivity contribution in [1.29, 1.82) is 0 Å². The first-order valence-corrected chi connectivity index (χ1v) is 11.7. The summed E-state index contributed by atoms with van der Waals surface area (Å²) in [6, 6.07) is 28.0. The first kappa shape index (κ1) is 22.7. The molecule has 0 fully saturated rings. The zero-order chi connectivity index (χ0) is 23.6. The number of rotatable bonds is 6. The molecule has 0 aliphatic heterocycles. The Morgan fingerprint density at radius 2 is 0.909 bits per heavy atom. The average molecular weight is 437 g/mol. The van der Waals surface area contributed by atoms with E-state index >= 15 is 0 Å². The molecule has 33 heavy (non-hydrogen) atoms. The first-order valence-electron chi connectivity index (χ1n) is 11.7. The molecule has 4 rings (SSSR count). The van der Waals surface area contributed by atoms with Gasteiger partial charge in [-0.05, 0) is 58.4 Å². The van der Waals surface area contributed by atoms with E-state index in [0.29, 0.717) is 11.5 Å². The Kier molecular flexibility index (Phi) is 6.29. The molecule has 0 aliphatic rings. The van der Waals surface area contributed by atoms with E-state index in [4.69, 9.17) is 0 Å². The lowest BCUT2D eigenvalue weighted by atomic mass is 9.71. The molecule has 0 heterocycles. The van der Waals surface area contributed by atoms with Crippen molar-refractivity contribution in [2.24, 2.45) is 0 Å². The van der Waals surface area contributed by atoms with E-state index in [1.165, 1.54) is 11.1 Å². The van der Waals surface area contributed by atoms with Gasteiger partial charge in [-0.25, -0.2) is 0 Å². The van der Waals surface area contributed by atoms with Crippen molar-refractivity contribution >= 4 is 0 Å². The topological polar surface area (TPSA) is 40.5 Å². The number of hydrogen-bond acceptors (Lipinski definition) is 2. The number of phenols is 2. The van der Waals surface area contributed by atoms with Crippen LogP contribution in [0.15, 0.2) is 84.9 Å². The predicted molar refractivity (Wildman–Crippen MR) is 138 cm³/mol. The van der Waals surface area contributed by atoms with Gasteiger partial charge in [0, 0.05) is 16.5 Å². The van der Waals surface area contributed by atoms with E-state index in [-0.39, 0.29) is 5.41 Å². The summed E-state index contributed by atoms with van der Waals surface area (Å²) in [6.45, 7) is 8.78. The minimum atomic E-state index is -0.328. The van der Waals surface area contributed by atoms with Crippen LogP contribution in [-0.4, -0.2) is 10.2 Å². The highest BCUT2D eigenvalue weighted by Gasteiger charge is 2.31. The smallest absolute Gasteiger partial charge is 0.123 e. The second-order valence-electron chi connectivity index (χ2n) is 9.04. The van der Waals surface area contributed by atoms with Crippen LogP contribution in [-0.2, 0) is 18.3 Å². The zero-order valence-corrected chi connectivity index (χ0v) is 19.9. The molecule has 0 spiro atoms. The fourth-order valence-corrected chi connectivity index (χ4v) is 5.18. The van der Waals surface area contributed by atoms with Gasteiger partial charge in [-0.2, -0.15) is 0 Å². The van der Waals surface area contributed by atoms with Crippen LogP contribution in [0.3, 0.4) is 0 Å². The maximum Gasteiger partial charge on any atom is 0.123 e. The molecule has 168 valence electrons. The van der Waals surface area contributed by atoms with Crippen molar-refractivity contribution in [2.75, 3.05) is 0 Å². The lowest BCUT2D eigenvalue weighted by molar-refractivity contribution is 0.475. The van der Waals surface area contributed by atoms with Crippen LogP contribution in [0, 0.1) is 0 Å². The molecule has 0 saturated heterocycles. The van der Waals surface area contributed by atoms with Crippen LogP contribution in [0.1, 0.15) is 49.9 Å². The van der Waals surface area contributed by atoms with Gasteiger partial charge in [-0.1, -0.05) is 100 Å². The maximum atomic E-state index is 10.8. The summed E-state index contributed by atoms with van der Waals surface area (Å²) in [5.74, 6) is 0.619. The van der Waals surface area contributed by atoms with Crippen molar-refractivity contribution in [2.45, 2.75) is 46.0 Å². The summed E-state index contributed by atoms with van der Waals surface area (Å²) in [4.78, 5) is 0. The van der Waals surface area contributed by atoms with Crippen LogP contribution >= 0.6 is 0 Å². The Hall–Kier alpha value is -3.52. The molecular weight excluding hydrogens is 404 g/mol. The lowest BCUT2D eigenvalue weighted by Gasteiger charge is -2.33. The van der Waals surface area contributed by atoms with E-state index < -0.39 is 0 Å². The summed E-state index contributed by atoms with van der Waals surface area (Å²) < 4.78 is 0. The molecule has 4 aromatic rings. The minimum Gasteiger partial charge on any atom is -0.507 e. The summed E-state index contributed by atoms with van der Waals surface area (Å²) in [6.07, 6.45) is 1.62. The van der Waals surface area contributed by atoms with Gasteiger partial charge in [-0.15, -0.1) is 0 Å². The third-order valence-corrected chi connectivity index (χ3v) is 6.76. The number of hydrogen-bond donors (Lipinski definition) is 2. The molecule has 2 N–H and O–H groups in total. The third-order valence-electron chi connectivity index (χ3n) is 6.76. The number of phenolic OH excluding ortho intramolecular Hbond substituents is 2. The van der Waals surface area contributed by atoms with E-state index in [9.17, 15) is 10.2 Å². The van der Waals surface area contributed by atoms with Crippen LogP contribution in [0.2, 0.25) is 0 Å². The van der Waals surface area contributed by atoms with Gasteiger partial charge in [0.2, 0.25) is 0 Å². The van der Waals surface area contributed by atoms with Gasteiger partial charge in [0.1, 0.15) is 11.5 Å². The van der Waals surface area contributed by atoms with E-state index in [2.05, 4.69) is 64.1 Å². The predicted octanol–water partition coefficient (Wildman–Crippen LogP) is 7.88. The Labute approximate surface area is 197 Å². The highest BCUT2D eigenvalue weighted by molar-refractivity contribution is 5.78. The van der Waals surface area contributed by atoms with Gasteiger partial charge in [0.05, 0.1) is 0 Å². The van der Waals surface area contributed by atoms with Gasteiger partial charge < -0.3 is 10.2 Å². The first-order chi connectivity index (χ1) is 15.9. The molecule has 0 atom stereocenters. The van der Waals surface area contributed by atoms with Crippen molar-refractivity contribution in [3.63, 3.8) is 0 Å². The summed E-state index contributed by atoms with van der Waals surface area (Å²) in [5, 5.41) is 21.7. The Morgan fingerprint density at radius 1 is 0.545 bits per heavy atom. The highest BCUT2D eigenvalue weighted by Crippen LogP contribution is 2.45. The fourth-order valence-electron chi connectivity index (χ4n) is 5.18. The molecule has 0 aromatic heterocycles. The second kappa shape index (κ2) is 9.15. The molecule has 0 aliphatic carbocycles. The molecule has 2 heteroatoms. The standard InChI is InChI=1S/C31H32O2/c1-5-23-25(17-19-27(32)29(23)21-13-9-7-10-14-21)31(3,4)26-18-20-28(33)30(24(26)6-2)22-15-11-8-12-16-22/h7-20,32-33H,5-6H2,1-4H3. The monoisotopic (exact) mass is 436 g/mol. The van der Waals surface area contributed by atoms with Crippen molar-refractivity contribution in [3.8, 4) is 33.8 Å². The maximum absolute atomic E-state index is 10.8. The van der Waals surface area contributed by atoms with Crippen molar-refractivity contribution in [3.05, 3.63) is 107 Å². The largest absolute Gasteiger partial charge is 0.507 e. The molecular formula is C31H32O2. The van der Waals surface area contributed by atoms with E-state index in [0.717, 1.165) is 46.2 Å². The summed E-state index contributed by atoms with van der Waals surface area (Å²) >= 11 is 0. The van der Waals surface area contributed by atoms with Crippen LogP contribution in [0.25, 0.3) is 22.3 Å². The van der Waals surface area contributed by atoms with Gasteiger partial charge in [0.15, 0.2) is 0 Å². The molecule has 0 saturated carbocycles. The molecule has 0 amide bonds. The van der Waals surface area contributed by atoms with Crippen LogP contribution in [0.5, 0.6) is 11.5 Å². The number of benzene rings is 4. The Balaban J connectivity index is 1.97. The molecule has 0 bridgehead atoms. The normalized spacial score (nSPS) is 11.5. The molecule has 2 nitrogen and oxygen atoms in total. The minimum absolute atomic E-state index is 0.309. The number of aromatic hydroxyl groups is 2. The quantitative estimate of drug-likeness (QED) is 0.323. The van der Waals surface area contributed by atoms with Gasteiger partial charge in [-0.3, -0.25) is 0 Å². The zero-order valence-electron chi connectivity index (χ0n) is 19.9. The summed E-state index contributed by atoms with van der Waals surface area (Å²) in [7, 11) is 0. The van der Waals surface area contributed by atoms with Crippen LogP contribution in [0.4, 0.5) is 0 Å². The average Bonchev–Trinajstić information content (AvgIpc) is 2.84. The second-order valence-corrected chi connectivity index (χ2v) is 9.04. The van der Waals surface area contributed by atoms with Crippen LogP contribution < -0.4 is 0 Å². The lowest BCUT2D eigenvalue weighted by Crippen LogP contribution is -2.23. The Morgan fingerprint density at radius 3 is 1.24 bits per heavy atom. The summed E-state index contributed by atoms with van der Waals surface area (Å²) in [5.41, 5.74) is 8.23. The van der Waals surface area contributed by atoms with E-state index in [1.54, 1.807) is 0 Å². The van der Waals surface area contributed by atoms with Crippen molar-refractivity contribution in [1.82, 2.24) is 0 Å². The fraction of sp³-hybridized carbons (Fsp3) is 0.226. The van der Waals surface area contributed by atoms with Gasteiger partial charge in [0.25, 0.3) is 0 Å². The van der Waals surface area contributed by atoms with E-state index in [1.807, 2.05) is 48.5 Å². The molecule has 0 unspecified atom stereocenters. The molecule has 4 aromatic carbocycles. The Bertz CT molecular complexity index is 1160. The molecule has 0 radical (unpaired) electrons.